The highest BCUT2D eigenvalue weighted by Crippen LogP contribution is 2.05. The van der Waals surface area contributed by atoms with Gasteiger partial charge in [0, 0.05) is 5.69 Å². The number of hydrogen-bond donors (Lipinski definition) is 2. The van der Waals surface area contributed by atoms with Crippen LogP contribution in [0.1, 0.15) is 5.56 Å². The van der Waals surface area contributed by atoms with Crippen molar-refractivity contribution < 1.29 is 9.90 Å². The summed E-state index contributed by atoms with van der Waals surface area (Å²) in [4.78, 5) is 8.36. The molecule has 3 heteroatoms. The van der Waals surface area contributed by atoms with E-state index in [1.807, 2.05) is 24.3 Å². The van der Waals surface area contributed by atoms with Gasteiger partial charge < -0.3 is 10.8 Å². The Balaban J connectivity index is 0.000000354. The Hall–Kier alpha value is -1.77. The molecule has 1 aromatic carbocycles. The lowest BCUT2D eigenvalue weighted by molar-refractivity contribution is -0.122. The predicted molar refractivity (Wildman–Crippen MR) is 49.6 cm³/mol. The molecular formula is C9H11NO2. The Labute approximate surface area is 71.1 Å². The van der Waals surface area contributed by atoms with Crippen LogP contribution in [0, 0.1) is 0 Å². The fraction of sp³-hybridized carbons (Fsp3) is 0. The minimum absolute atomic E-state index is 0.250. The van der Waals surface area contributed by atoms with E-state index in [1.165, 1.54) is 0 Å². The molecule has 0 amide bonds. The van der Waals surface area contributed by atoms with Gasteiger partial charge in [0.25, 0.3) is 6.47 Å². The van der Waals surface area contributed by atoms with E-state index in [0.717, 1.165) is 11.3 Å². The number of hydrogen-bond acceptors (Lipinski definition) is 2. The number of rotatable bonds is 1. The first kappa shape index (κ1) is 10.2. The smallest absolute Gasteiger partial charge is 0.290 e. The third-order valence-corrected chi connectivity index (χ3v) is 1.17. The van der Waals surface area contributed by atoms with Crippen molar-refractivity contribution in [2.24, 2.45) is 0 Å². The van der Waals surface area contributed by atoms with Gasteiger partial charge in [0.1, 0.15) is 0 Å². The first-order chi connectivity index (χ1) is 5.74. The molecule has 0 aliphatic heterocycles. The van der Waals surface area contributed by atoms with Crippen molar-refractivity contribution in [1.29, 1.82) is 0 Å². The molecule has 0 saturated heterocycles. The van der Waals surface area contributed by atoms with Gasteiger partial charge in [0.05, 0.1) is 0 Å². The third-order valence-electron chi connectivity index (χ3n) is 1.17. The summed E-state index contributed by atoms with van der Waals surface area (Å²) in [7, 11) is 0. The molecule has 1 aromatic rings. The van der Waals surface area contributed by atoms with E-state index in [9.17, 15) is 0 Å². The van der Waals surface area contributed by atoms with Crippen LogP contribution in [-0.2, 0) is 4.79 Å². The summed E-state index contributed by atoms with van der Waals surface area (Å²) in [6.07, 6.45) is 1.79. The second-order valence-electron chi connectivity index (χ2n) is 1.98. The molecular weight excluding hydrogens is 154 g/mol. The highest BCUT2D eigenvalue weighted by atomic mass is 16.3. The quantitative estimate of drug-likeness (QED) is 0.491. The maximum absolute atomic E-state index is 8.36. The molecule has 0 saturated carbocycles. The summed E-state index contributed by atoms with van der Waals surface area (Å²) in [6, 6.07) is 7.58. The number of carbonyl (C=O) groups is 1. The van der Waals surface area contributed by atoms with E-state index in [0.29, 0.717) is 0 Å². The van der Waals surface area contributed by atoms with Crippen LogP contribution >= 0.6 is 0 Å². The van der Waals surface area contributed by atoms with Crippen LogP contribution < -0.4 is 5.73 Å². The van der Waals surface area contributed by atoms with Crippen molar-refractivity contribution >= 4 is 18.2 Å². The highest BCUT2D eigenvalue weighted by Gasteiger charge is 1.82. The van der Waals surface area contributed by atoms with Crippen molar-refractivity contribution in [3.8, 4) is 0 Å². The van der Waals surface area contributed by atoms with Crippen molar-refractivity contribution in [1.82, 2.24) is 0 Å². The van der Waals surface area contributed by atoms with Crippen LogP contribution in [0.5, 0.6) is 0 Å². The second-order valence-corrected chi connectivity index (χ2v) is 1.98. The van der Waals surface area contributed by atoms with Gasteiger partial charge in [-0.25, -0.2) is 0 Å². The Kier molecular flexibility index (Phi) is 5.09. The van der Waals surface area contributed by atoms with E-state index >= 15 is 0 Å². The van der Waals surface area contributed by atoms with Crippen LogP contribution in [0.25, 0.3) is 6.08 Å². The fourth-order valence-electron chi connectivity index (χ4n) is 0.632. The lowest BCUT2D eigenvalue weighted by atomic mass is 10.2. The SMILES string of the molecule is C=Cc1ccc(N)cc1.O=CO. The second kappa shape index (κ2) is 5.97. The molecule has 64 valence electrons. The van der Waals surface area contributed by atoms with Crippen molar-refractivity contribution in [3.05, 3.63) is 36.4 Å². The average molecular weight is 165 g/mol. The van der Waals surface area contributed by atoms with E-state index < -0.39 is 0 Å². The monoisotopic (exact) mass is 165 g/mol. The van der Waals surface area contributed by atoms with E-state index in [1.54, 1.807) is 6.08 Å². The number of nitrogens with two attached hydrogens (primary N) is 1. The standard InChI is InChI=1S/C8H9N.CH2O2/c1-2-7-3-5-8(9)6-4-7;2-1-3/h2-6H,1,9H2;1H,(H,2,3). The number of carboxylic acid groups (broad SMARTS) is 1. The minimum atomic E-state index is -0.250. The van der Waals surface area contributed by atoms with Gasteiger partial charge in [-0.3, -0.25) is 4.79 Å². The van der Waals surface area contributed by atoms with Crippen LogP contribution in [-0.4, -0.2) is 11.6 Å². The maximum atomic E-state index is 8.36. The van der Waals surface area contributed by atoms with Crippen LogP contribution in [0.15, 0.2) is 30.8 Å². The minimum Gasteiger partial charge on any atom is -0.483 e. The summed E-state index contributed by atoms with van der Waals surface area (Å²) >= 11 is 0. The number of anilines is 1. The third kappa shape index (κ3) is 4.11. The van der Waals surface area contributed by atoms with Crippen molar-refractivity contribution in [3.63, 3.8) is 0 Å². The molecule has 3 nitrogen and oxygen atoms in total. The van der Waals surface area contributed by atoms with Gasteiger partial charge in [-0.1, -0.05) is 24.8 Å². The first-order valence-electron chi connectivity index (χ1n) is 3.30. The van der Waals surface area contributed by atoms with E-state index in [-0.39, 0.29) is 6.47 Å². The molecule has 0 fully saturated rings. The Morgan fingerprint density at radius 3 is 2.08 bits per heavy atom. The summed E-state index contributed by atoms with van der Waals surface area (Å²) in [5, 5.41) is 6.89. The Morgan fingerprint density at radius 1 is 1.33 bits per heavy atom. The highest BCUT2D eigenvalue weighted by molar-refractivity contribution is 5.51. The first-order valence-corrected chi connectivity index (χ1v) is 3.30. The number of benzene rings is 1. The topological polar surface area (TPSA) is 63.3 Å². The van der Waals surface area contributed by atoms with Gasteiger partial charge in [0.15, 0.2) is 0 Å². The molecule has 0 unspecified atom stereocenters. The van der Waals surface area contributed by atoms with Gasteiger partial charge in [0.2, 0.25) is 0 Å². The van der Waals surface area contributed by atoms with Gasteiger partial charge in [-0.15, -0.1) is 0 Å². The predicted octanol–water partition coefficient (Wildman–Crippen LogP) is 1.61. The van der Waals surface area contributed by atoms with E-state index in [4.69, 9.17) is 15.6 Å². The Morgan fingerprint density at radius 2 is 1.75 bits per heavy atom. The van der Waals surface area contributed by atoms with Gasteiger partial charge in [-0.2, -0.15) is 0 Å². The molecule has 0 atom stereocenters. The molecule has 0 aliphatic carbocycles. The molecule has 0 bridgehead atoms. The average Bonchev–Trinajstić information content (AvgIpc) is 2.07. The van der Waals surface area contributed by atoms with Crippen LogP contribution in [0.4, 0.5) is 5.69 Å². The molecule has 0 aliphatic rings. The number of nitrogen functional groups attached to an aromatic ring is 1. The maximum Gasteiger partial charge on any atom is 0.290 e. The summed E-state index contributed by atoms with van der Waals surface area (Å²) in [5.74, 6) is 0. The van der Waals surface area contributed by atoms with Crippen molar-refractivity contribution in [2.75, 3.05) is 5.73 Å². The molecule has 0 radical (unpaired) electrons. The summed E-state index contributed by atoms with van der Waals surface area (Å²) in [5.41, 5.74) is 7.34. The molecule has 1 rings (SSSR count). The summed E-state index contributed by atoms with van der Waals surface area (Å²) in [6.45, 7) is 3.37. The molecule has 0 heterocycles. The zero-order chi connectivity index (χ0) is 9.40. The molecule has 3 N–H and O–H groups in total. The Bertz CT molecular complexity index is 241. The lowest BCUT2D eigenvalue weighted by Gasteiger charge is -1.91. The lowest BCUT2D eigenvalue weighted by Crippen LogP contribution is -1.81. The van der Waals surface area contributed by atoms with E-state index in [2.05, 4.69) is 6.58 Å². The van der Waals surface area contributed by atoms with Crippen LogP contribution in [0.2, 0.25) is 0 Å². The normalized spacial score (nSPS) is 7.67. The molecule has 0 aromatic heterocycles. The molecule has 12 heavy (non-hydrogen) atoms. The summed E-state index contributed by atoms with van der Waals surface area (Å²) < 4.78 is 0. The van der Waals surface area contributed by atoms with Crippen molar-refractivity contribution in [2.45, 2.75) is 0 Å². The fourth-order valence-corrected chi connectivity index (χ4v) is 0.632. The largest absolute Gasteiger partial charge is 0.483 e. The van der Waals surface area contributed by atoms with Crippen LogP contribution in [0.3, 0.4) is 0 Å². The van der Waals surface area contributed by atoms with Gasteiger partial charge >= 0.3 is 0 Å². The zero-order valence-corrected chi connectivity index (χ0v) is 6.60. The zero-order valence-electron chi connectivity index (χ0n) is 6.60. The van der Waals surface area contributed by atoms with Gasteiger partial charge in [-0.05, 0) is 17.7 Å². The molecule has 0 spiro atoms.